The van der Waals surface area contributed by atoms with E-state index in [9.17, 15) is 43.5 Å². The number of amides is 5. The quantitative estimate of drug-likeness (QED) is 0.0478. The molecular weight excluding hydrogens is 1110 g/mol. The van der Waals surface area contributed by atoms with Gasteiger partial charge in [-0.1, -0.05) is 68.8 Å². The molecular formula is C60H87N5O20. The third-order valence-electron chi connectivity index (χ3n) is 12.6. The molecule has 85 heavy (non-hydrogen) atoms. The van der Waals surface area contributed by atoms with Crippen molar-refractivity contribution in [1.82, 2.24) is 26.6 Å². The van der Waals surface area contributed by atoms with E-state index in [4.69, 9.17) is 52.1 Å². The molecule has 2 aromatic rings. The fourth-order valence-electron chi connectivity index (χ4n) is 9.27. The van der Waals surface area contributed by atoms with Gasteiger partial charge < -0.3 is 83.8 Å². The third-order valence-corrected chi connectivity index (χ3v) is 12.6. The molecule has 1 saturated carbocycles. The second-order valence-electron chi connectivity index (χ2n) is 24.8. The van der Waals surface area contributed by atoms with Crippen LogP contribution in [-0.2, 0) is 61.7 Å². The van der Waals surface area contributed by atoms with E-state index in [0.29, 0.717) is 6.42 Å². The number of benzene rings is 2. The Balaban J connectivity index is 1.73. The van der Waals surface area contributed by atoms with E-state index in [1.54, 1.807) is 139 Å². The molecule has 2 fully saturated rings. The second-order valence-corrected chi connectivity index (χ2v) is 24.8. The minimum absolute atomic E-state index is 0.0151. The first-order valence-electron chi connectivity index (χ1n) is 28.6. The number of hydrogen-bond donors (Lipinski definition) is 6. The summed E-state index contributed by atoms with van der Waals surface area (Å²) in [5.74, 6) is -3.57. The highest BCUT2D eigenvalue weighted by atomic mass is 16.7. The summed E-state index contributed by atoms with van der Waals surface area (Å²) in [6, 6.07) is 10.2. The number of hydrogen-bond acceptors (Lipinski definition) is 20. The predicted octanol–water partition coefficient (Wildman–Crippen LogP) is 6.81. The first-order valence-corrected chi connectivity index (χ1v) is 28.6. The highest BCUT2D eigenvalue weighted by Crippen LogP contribution is 2.36. The maximum Gasteiger partial charge on any atom is 0.408 e. The Morgan fingerprint density at radius 2 is 1.07 bits per heavy atom. The molecule has 5 amide bonds. The van der Waals surface area contributed by atoms with E-state index in [1.165, 1.54) is 30.3 Å². The van der Waals surface area contributed by atoms with Gasteiger partial charge in [0.15, 0.2) is 30.9 Å². The molecule has 5 rings (SSSR count). The van der Waals surface area contributed by atoms with Gasteiger partial charge in [-0.15, -0.1) is 0 Å². The lowest BCUT2D eigenvalue weighted by molar-refractivity contribution is -0.312. The van der Waals surface area contributed by atoms with Crippen molar-refractivity contribution in [3.05, 3.63) is 83.9 Å². The van der Waals surface area contributed by atoms with Crippen molar-refractivity contribution in [3.63, 3.8) is 0 Å². The Morgan fingerprint density at radius 3 is 1.59 bits per heavy atom. The molecule has 2 aromatic carbocycles. The Kier molecular flexibility index (Phi) is 24.1. The van der Waals surface area contributed by atoms with E-state index in [0.717, 1.165) is 6.92 Å². The molecule has 6 unspecified atom stereocenters. The van der Waals surface area contributed by atoms with Gasteiger partial charge in [-0.25, -0.2) is 28.8 Å². The van der Waals surface area contributed by atoms with Crippen molar-refractivity contribution < 1.29 is 95.6 Å². The van der Waals surface area contributed by atoms with Crippen molar-refractivity contribution in [2.45, 2.75) is 238 Å². The highest BCUT2D eigenvalue weighted by molar-refractivity contribution is 5.92. The van der Waals surface area contributed by atoms with Crippen LogP contribution in [-0.4, -0.2) is 168 Å². The molecule has 1 aliphatic carbocycles. The van der Waals surface area contributed by atoms with Gasteiger partial charge in [0.2, 0.25) is 0 Å². The normalized spacial score (nSPS) is 26.4. The Morgan fingerprint density at radius 1 is 0.576 bits per heavy atom. The van der Waals surface area contributed by atoms with Gasteiger partial charge in [-0.3, -0.25) is 9.59 Å². The molecule has 25 nitrogen and oxygen atoms in total. The molecule has 0 aromatic heterocycles. The maximum atomic E-state index is 14.9. The van der Waals surface area contributed by atoms with Gasteiger partial charge in [0.05, 0.1) is 42.0 Å². The molecule has 3 aliphatic rings. The molecule has 472 valence electrons. The van der Waals surface area contributed by atoms with Crippen molar-refractivity contribution in [2.24, 2.45) is 0 Å². The highest BCUT2D eigenvalue weighted by Gasteiger charge is 2.56. The zero-order valence-corrected chi connectivity index (χ0v) is 51.3. The lowest BCUT2D eigenvalue weighted by Crippen LogP contribution is -2.71. The van der Waals surface area contributed by atoms with Crippen LogP contribution in [0.2, 0.25) is 0 Å². The third kappa shape index (κ3) is 22.1. The van der Waals surface area contributed by atoms with Crippen LogP contribution in [0.1, 0.15) is 150 Å². The zero-order chi connectivity index (χ0) is 63.2. The molecule has 25 heteroatoms. The van der Waals surface area contributed by atoms with Crippen LogP contribution < -0.4 is 26.6 Å². The average Bonchev–Trinajstić information content (AvgIpc) is 1.93. The van der Waals surface area contributed by atoms with Gasteiger partial charge in [-0.05, 0) is 127 Å². The van der Waals surface area contributed by atoms with Gasteiger partial charge in [0.25, 0.3) is 5.91 Å². The number of aliphatic hydroxyl groups is 1. The molecule has 2 heterocycles. The largest absolute Gasteiger partial charge is 0.457 e. The summed E-state index contributed by atoms with van der Waals surface area (Å²) in [6.07, 6.45) is -16.1. The molecule has 14 atom stereocenters. The fourth-order valence-corrected chi connectivity index (χ4v) is 9.27. The number of carbonyl (C=O) groups excluding carboxylic acids is 8. The monoisotopic (exact) mass is 1200 g/mol. The van der Waals surface area contributed by atoms with Crippen molar-refractivity contribution in [3.8, 4) is 0 Å². The van der Waals surface area contributed by atoms with Crippen LogP contribution in [0, 0.1) is 0 Å². The number of carbonyl (C=O) groups is 8. The first-order chi connectivity index (χ1) is 39.6. The van der Waals surface area contributed by atoms with Gasteiger partial charge in [0.1, 0.15) is 52.8 Å². The number of alkyl carbamates (subject to hydrolysis) is 4. The number of esters is 3. The van der Waals surface area contributed by atoms with Crippen LogP contribution in [0.25, 0.3) is 0 Å². The lowest BCUT2D eigenvalue weighted by Gasteiger charge is -2.50. The molecule has 0 bridgehead atoms. The first kappa shape index (κ1) is 68.7. The predicted molar refractivity (Wildman–Crippen MR) is 305 cm³/mol. The summed E-state index contributed by atoms with van der Waals surface area (Å²) in [7, 11) is 0. The van der Waals surface area contributed by atoms with E-state index in [2.05, 4.69) is 26.6 Å². The molecule has 1 saturated heterocycles. The van der Waals surface area contributed by atoms with Crippen molar-refractivity contribution in [1.29, 1.82) is 0 Å². The van der Waals surface area contributed by atoms with E-state index in [1.807, 2.05) is 0 Å². The van der Waals surface area contributed by atoms with Crippen molar-refractivity contribution >= 4 is 48.2 Å². The minimum atomic E-state index is -1.83. The summed E-state index contributed by atoms with van der Waals surface area (Å²) in [5.41, 5.74) is -3.75. The standard InChI is InChI=1S/C60H87N5O20/c1-16-24-41(77-49(69)34-25-20-18-21-26-34)48(68)62-38-31-39(64-55(73)84-59(10,11)12)45(80-51-37(63-54(72)83-58(7,8)9)30-29-36(76-51)32-61-53(71)82-57(4,5)6)47(75-33(3)66)44(38)81-52-46(79-50(70)35-27-22-19-23-28-35)42(43(67)40(17-2)78-52)65-56(74)85-60(13,14)15/h18-23,25-30,36-47,51-52,67H,16-17,24,31-32H2,1-15H3,(H,61,71)(H,62,68)(H,63,72)(H,64,73)(H,65,74)/t36?,37?,38-,39+,40?,41+,42+,43+,44-,45?,46?,47?,51+,52+/m1/s1. The van der Waals surface area contributed by atoms with Crippen LogP contribution in [0.15, 0.2) is 72.8 Å². The minimum Gasteiger partial charge on any atom is -0.457 e. The van der Waals surface area contributed by atoms with E-state index < -0.39 is 156 Å². The topological polar surface area (TPSA) is 318 Å². The number of rotatable bonds is 19. The van der Waals surface area contributed by atoms with Crippen LogP contribution >= 0.6 is 0 Å². The lowest BCUT2D eigenvalue weighted by atomic mass is 9.82. The van der Waals surface area contributed by atoms with E-state index >= 15 is 0 Å². The van der Waals surface area contributed by atoms with Crippen molar-refractivity contribution in [2.75, 3.05) is 6.54 Å². The molecule has 0 radical (unpaired) electrons. The maximum absolute atomic E-state index is 14.9. The smallest absolute Gasteiger partial charge is 0.408 e. The number of aliphatic hydroxyl groups excluding tert-OH is 1. The van der Waals surface area contributed by atoms with Crippen LogP contribution in [0.4, 0.5) is 19.2 Å². The second kappa shape index (κ2) is 29.8. The van der Waals surface area contributed by atoms with Gasteiger partial charge >= 0.3 is 42.3 Å². The Bertz CT molecular complexity index is 2610. The Labute approximate surface area is 496 Å². The SMILES string of the molecule is CCC[C@H](OC(=O)c1ccccc1)C(=O)N[C@@H]1C[C@H](NC(=O)OC(C)(C)C)C(O[C@@H]2OC(CNC(=O)OC(C)(C)C)C=CC2NC(=O)OC(C)(C)C)C(OC(C)=O)[C@@H]1O[C@@H]1OC(CC)[C@H](O)[C@H](NC(=O)OC(C)(C)C)C1OC(=O)c1ccccc1. The van der Waals surface area contributed by atoms with Gasteiger partial charge in [0, 0.05) is 6.92 Å². The number of ether oxygens (including phenoxy) is 11. The average molecular weight is 1200 g/mol. The zero-order valence-electron chi connectivity index (χ0n) is 51.3. The molecule has 6 N–H and O–H groups in total. The number of nitrogens with one attached hydrogen (secondary N) is 5. The molecule has 0 spiro atoms. The van der Waals surface area contributed by atoms with E-state index in [-0.39, 0.29) is 36.9 Å². The summed E-state index contributed by atoms with van der Waals surface area (Å²) in [4.78, 5) is 111. The summed E-state index contributed by atoms with van der Waals surface area (Å²) in [5, 5.41) is 25.8. The molecule has 2 aliphatic heterocycles. The van der Waals surface area contributed by atoms with Crippen LogP contribution in [0.3, 0.4) is 0 Å². The summed E-state index contributed by atoms with van der Waals surface area (Å²) < 4.78 is 67.5. The fraction of sp³-hybridized carbons (Fsp3) is 0.633. The summed E-state index contributed by atoms with van der Waals surface area (Å²) >= 11 is 0. The van der Waals surface area contributed by atoms with Gasteiger partial charge in [-0.2, -0.15) is 0 Å². The Hall–Kier alpha value is -7.06. The van der Waals surface area contributed by atoms with Crippen LogP contribution in [0.5, 0.6) is 0 Å². The summed E-state index contributed by atoms with van der Waals surface area (Å²) in [6.45, 7) is 24.1.